The van der Waals surface area contributed by atoms with Gasteiger partial charge in [0.05, 0.1) is 24.3 Å². The molecule has 0 spiro atoms. The molecule has 19 heavy (non-hydrogen) atoms. The number of hydrogen-bond acceptors (Lipinski definition) is 4. The Bertz CT molecular complexity index is 410. The average Bonchev–Trinajstić information content (AvgIpc) is 2.46. The molecule has 0 saturated carbocycles. The van der Waals surface area contributed by atoms with E-state index in [9.17, 15) is 0 Å². The van der Waals surface area contributed by atoms with E-state index in [0.717, 1.165) is 34.8 Å². The number of halogens is 1. The molecular weight excluding hydrogens is 326 g/mol. The van der Waals surface area contributed by atoms with Crippen LogP contribution in [0, 0.1) is 0 Å². The van der Waals surface area contributed by atoms with Gasteiger partial charge in [-0.1, -0.05) is 6.07 Å². The Morgan fingerprint density at radius 2 is 2.42 bits per heavy atom. The molecule has 3 nitrogen and oxygen atoms in total. The van der Waals surface area contributed by atoms with Crippen LogP contribution >= 0.6 is 27.7 Å². The smallest absolute Gasteiger partial charge is 0.133 e. The van der Waals surface area contributed by atoms with Gasteiger partial charge in [0.25, 0.3) is 0 Å². The number of rotatable bonds is 5. The highest BCUT2D eigenvalue weighted by Gasteiger charge is 2.23. The first-order valence-electron chi connectivity index (χ1n) is 6.43. The minimum atomic E-state index is 0.296. The Kier molecular flexibility index (Phi) is 6.01. The van der Waals surface area contributed by atoms with Crippen molar-refractivity contribution < 1.29 is 9.47 Å². The molecule has 1 aromatic carbocycles. The predicted molar refractivity (Wildman–Crippen MR) is 84.3 cm³/mol. The molecule has 0 bridgehead atoms. The van der Waals surface area contributed by atoms with Crippen molar-refractivity contribution in [1.29, 1.82) is 0 Å². The lowest BCUT2D eigenvalue weighted by Gasteiger charge is -2.30. The van der Waals surface area contributed by atoms with Gasteiger partial charge < -0.3 is 14.8 Å². The number of thioether (sulfide) groups is 1. The summed E-state index contributed by atoms with van der Waals surface area (Å²) in [5, 5.41) is 3.38. The van der Waals surface area contributed by atoms with Crippen molar-refractivity contribution in [2.75, 3.05) is 32.3 Å². The van der Waals surface area contributed by atoms with Crippen LogP contribution in [-0.4, -0.2) is 44.4 Å². The molecule has 1 fully saturated rings. The fraction of sp³-hybridized carbons (Fsp3) is 0.571. The maximum atomic E-state index is 5.86. The van der Waals surface area contributed by atoms with E-state index in [4.69, 9.17) is 9.47 Å². The molecule has 2 rings (SSSR count). The molecule has 1 aliphatic rings. The second kappa shape index (κ2) is 7.53. The molecule has 2 unspecified atom stereocenters. The fourth-order valence-corrected chi connectivity index (χ4v) is 3.78. The summed E-state index contributed by atoms with van der Waals surface area (Å²) in [6.07, 6.45) is 1.26. The molecule has 1 aromatic rings. The van der Waals surface area contributed by atoms with E-state index < -0.39 is 0 Å². The summed E-state index contributed by atoms with van der Waals surface area (Å²) in [7, 11) is 3.69. The van der Waals surface area contributed by atoms with E-state index in [1.165, 1.54) is 5.56 Å². The largest absolute Gasteiger partial charge is 0.496 e. The Morgan fingerprint density at radius 3 is 3.00 bits per heavy atom. The third-order valence-electron chi connectivity index (χ3n) is 3.33. The molecule has 1 saturated heterocycles. The van der Waals surface area contributed by atoms with E-state index >= 15 is 0 Å². The van der Waals surface area contributed by atoms with Crippen LogP contribution < -0.4 is 10.1 Å². The number of likely N-dealkylation sites (N-methyl/N-ethyl adjacent to an activating group) is 1. The van der Waals surface area contributed by atoms with Crippen LogP contribution in [0.1, 0.15) is 5.56 Å². The normalized spacial score (nSPS) is 21.1. The molecular formula is C14H20BrNO2S. The van der Waals surface area contributed by atoms with Gasteiger partial charge in [0.1, 0.15) is 5.75 Å². The number of methoxy groups -OCH3 is 1. The molecule has 106 valence electrons. The molecule has 5 heteroatoms. The molecule has 0 aromatic heterocycles. The highest BCUT2D eigenvalue weighted by atomic mass is 79.9. The van der Waals surface area contributed by atoms with Crippen molar-refractivity contribution in [3.8, 4) is 5.75 Å². The van der Waals surface area contributed by atoms with Crippen molar-refractivity contribution in [1.82, 2.24) is 5.32 Å². The van der Waals surface area contributed by atoms with Gasteiger partial charge in [0.2, 0.25) is 0 Å². The van der Waals surface area contributed by atoms with Crippen molar-refractivity contribution in [3.05, 3.63) is 28.2 Å². The first kappa shape index (κ1) is 15.2. The highest BCUT2D eigenvalue weighted by molar-refractivity contribution is 9.10. The van der Waals surface area contributed by atoms with E-state index in [1.807, 2.05) is 24.9 Å². The van der Waals surface area contributed by atoms with E-state index in [0.29, 0.717) is 12.1 Å². The van der Waals surface area contributed by atoms with Gasteiger partial charge in [-0.3, -0.25) is 0 Å². The molecule has 1 N–H and O–H groups in total. The number of nitrogens with one attached hydrogen (secondary N) is 1. The zero-order valence-electron chi connectivity index (χ0n) is 11.3. The quantitative estimate of drug-likeness (QED) is 0.888. The number of benzene rings is 1. The van der Waals surface area contributed by atoms with Crippen LogP contribution in [-0.2, 0) is 11.2 Å². The van der Waals surface area contributed by atoms with Gasteiger partial charge in [-0.15, -0.1) is 0 Å². The van der Waals surface area contributed by atoms with Gasteiger partial charge in [-0.05, 0) is 47.1 Å². The highest BCUT2D eigenvalue weighted by Crippen LogP contribution is 2.27. The second-order valence-electron chi connectivity index (χ2n) is 4.55. The molecule has 1 aliphatic heterocycles. The predicted octanol–water partition coefficient (Wildman–Crippen LogP) is 2.72. The molecule has 0 aliphatic carbocycles. The van der Waals surface area contributed by atoms with E-state index in [2.05, 4.69) is 33.4 Å². The third kappa shape index (κ3) is 4.12. The van der Waals surface area contributed by atoms with Gasteiger partial charge in [0, 0.05) is 17.5 Å². The minimum absolute atomic E-state index is 0.296. The SMILES string of the molecule is CNC(Cc1ccc(OC)c(Br)c1)C1CSCCO1. The lowest BCUT2D eigenvalue weighted by Crippen LogP contribution is -2.44. The lowest BCUT2D eigenvalue weighted by atomic mass is 10.0. The summed E-state index contributed by atoms with van der Waals surface area (Å²) in [6, 6.07) is 6.60. The summed E-state index contributed by atoms with van der Waals surface area (Å²) < 4.78 is 12.1. The second-order valence-corrected chi connectivity index (χ2v) is 6.56. The Hall–Kier alpha value is -0.230. The average molecular weight is 346 g/mol. The summed E-state index contributed by atoms with van der Waals surface area (Å²) in [6.45, 7) is 0.861. The number of hydrogen-bond donors (Lipinski definition) is 1. The van der Waals surface area contributed by atoms with Crippen LogP contribution in [0.2, 0.25) is 0 Å². The van der Waals surface area contributed by atoms with E-state index in [-0.39, 0.29) is 0 Å². The Morgan fingerprint density at radius 1 is 1.58 bits per heavy atom. The maximum Gasteiger partial charge on any atom is 0.133 e. The van der Waals surface area contributed by atoms with Crippen LogP contribution in [0.3, 0.4) is 0 Å². The molecule has 1 heterocycles. The zero-order chi connectivity index (χ0) is 13.7. The monoisotopic (exact) mass is 345 g/mol. The summed E-state index contributed by atoms with van der Waals surface area (Å²) >= 11 is 5.51. The van der Waals surface area contributed by atoms with Crippen LogP contribution in [0.4, 0.5) is 0 Å². The molecule has 0 radical (unpaired) electrons. The topological polar surface area (TPSA) is 30.5 Å². The van der Waals surface area contributed by atoms with Gasteiger partial charge >= 0.3 is 0 Å². The van der Waals surface area contributed by atoms with Crippen molar-refractivity contribution in [2.45, 2.75) is 18.6 Å². The van der Waals surface area contributed by atoms with Crippen LogP contribution in [0.25, 0.3) is 0 Å². The van der Waals surface area contributed by atoms with Gasteiger partial charge in [-0.2, -0.15) is 11.8 Å². The van der Waals surface area contributed by atoms with E-state index in [1.54, 1.807) is 7.11 Å². The van der Waals surface area contributed by atoms with Crippen LogP contribution in [0.15, 0.2) is 22.7 Å². The molecule has 0 amide bonds. The first-order valence-corrected chi connectivity index (χ1v) is 8.38. The Labute approximate surface area is 127 Å². The van der Waals surface area contributed by atoms with Crippen molar-refractivity contribution in [2.24, 2.45) is 0 Å². The number of ether oxygens (including phenoxy) is 2. The van der Waals surface area contributed by atoms with Crippen molar-refractivity contribution in [3.63, 3.8) is 0 Å². The van der Waals surface area contributed by atoms with Gasteiger partial charge in [0.15, 0.2) is 0 Å². The van der Waals surface area contributed by atoms with Crippen LogP contribution in [0.5, 0.6) is 5.75 Å². The standard InChI is InChI=1S/C14H20BrNO2S/c1-16-12(14-9-19-6-5-18-14)8-10-3-4-13(17-2)11(15)7-10/h3-4,7,12,14,16H,5-6,8-9H2,1-2H3. The summed E-state index contributed by atoms with van der Waals surface area (Å²) in [5.41, 5.74) is 1.28. The van der Waals surface area contributed by atoms with Gasteiger partial charge in [-0.25, -0.2) is 0 Å². The summed E-state index contributed by atoms with van der Waals surface area (Å²) in [4.78, 5) is 0. The summed E-state index contributed by atoms with van der Waals surface area (Å²) in [5.74, 6) is 3.05. The third-order valence-corrected chi connectivity index (χ3v) is 4.97. The minimum Gasteiger partial charge on any atom is -0.496 e. The van der Waals surface area contributed by atoms with Crippen molar-refractivity contribution >= 4 is 27.7 Å². The first-order chi connectivity index (χ1) is 9.24. The maximum absolute atomic E-state index is 5.86. The zero-order valence-corrected chi connectivity index (χ0v) is 13.7. The Balaban J connectivity index is 2.03. The molecule has 2 atom stereocenters. The fourth-order valence-electron chi connectivity index (χ4n) is 2.25. The lowest BCUT2D eigenvalue weighted by molar-refractivity contribution is 0.0492.